The number of fused-ring (bicyclic) bond motifs is 1. The van der Waals surface area contributed by atoms with Crippen LogP contribution in [-0.2, 0) is 21.2 Å². The molecule has 0 aromatic heterocycles. The lowest BCUT2D eigenvalue weighted by molar-refractivity contribution is -0.130. The fraction of sp³-hybridized carbons (Fsp3) is 0.588. The maximum absolute atomic E-state index is 12.9. The lowest BCUT2D eigenvalue weighted by Crippen LogP contribution is -2.47. The predicted octanol–water partition coefficient (Wildman–Crippen LogP) is 1.40. The van der Waals surface area contributed by atoms with E-state index in [9.17, 15) is 13.2 Å². The molecule has 0 radical (unpaired) electrons. The second kappa shape index (κ2) is 6.04. The van der Waals surface area contributed by atoms with Gasteiger partial charge in [0.25, 0.3) is 0 Å². The van der Waals surface area contributed by atoms with E-state index in [0.29, 0.717) is 31.0 Å². The van der Waals surface area contributed by atoms with Crippen LogP contribution in [0.25, 0.3) is 0 Å². The van der Waals surface area contributed by atoms with Gasteiger partial charge in [-0.05, 0) is 43.0 Å². The van der Waals surface area contributed by atoms with Crippen molar-refractivity contribution in [3.05, 3.63) is 23.8 Å². The van der Waals surface area contributed by atoms with Crippen LogP contribution in [-0.4, -0.2) is 55.8 Å². The molecule has 7 heteroatoms. The third-order valence-electron chi connectivity index (χ3n) is 5.27. The third kappa shape index (κ3) is 2.69. The first-order valence-corrected chi connectivity index (χ1v) is 10.0. The Morgan fingerprint density at radius 2 is 1.88 bits per heavy atom. The molecule has 2 fully saturated rings. The monoisotopic (exact) mass is 350 g/mol. The molecule has 3 aliphatic heterocycles. The van der Waals surface area contributed by atoms with Gasteiger partial charge in [0.2, 0.25) is 15.9 Å². The number of hydrogen-bond acceptors (Lipinski definition) is 4. The van der Waals surface area contributed by atoms with Gasteiger partial charge in [-0.2, -0.15) is 4.31 Å². The molecule has 0 saturated carbocycles. The average Bonchev–Trinajstić information content (AvgIpc) is 3.22. The zero-order valence-electron chi connectivity index (χ0n) is 13.6. The predicted molar refractivity (Wildman–Crippen MR) is 88.4 cm³/mol. The summed E-state index contributed by atoms with van der Waals surface area (Å²) < 4.78 is 32.8. The topological polar surface area (TPSA) is 66.9 Å². The molecule has 0 bridgehead atoms. The van der Waals surface area contributed by atoms with Crippen LogP contribution in [0, 0.1) is 0 Å². The Balaban J connectivity index is 1.47. The molecule has 1 amide bonds. The van der Waals surface area contributed by atoms with Crippen LogP contribution < -0.4 is 4.74 Å². The van der Waals surface area contributed by atoms with Gasteiger partial charge in [0.05, 0.1) is 11.5 Å². The van der Waals surface area contributed by atoms with E-state index in [1.807, 2.05) is 4.90 Å². The van der Waals surface area contributed by atoms with Crippen LogP contribution in [0.15, 0.2) is 23.1 Å². The lowest BCUT2D eigenvalue weighted by atomic mass is 10.1. The standard InChI is InChI=1S/C17H22N2O4S/c20-17-2-1-8-19(17)14-5-9-18(10-6-14)24(21,22)15-3-4-16-13(12-15)7-11-23-16/h3-4,12,14H,1-2,5-11H2. The van der Waals surface area contributed by atoms with Crippen molar-refractivity contribution in [2.75, 3.05) is 26.2 Å². The van der Waals surface area contributed by atoms with Crippen LogP contribution in [0.3, 0.4) is 0 Å². The molecule has 6 nitrogen and oxygen atoms in total. The SMILES string of the molecule is O=C1CCCN1C1CCN(S(=O)(=O)c2ccc3c(c2)CCO3)CC1. The molecule has 130 valence electrons. The van der Waals surface area contributed by atoms with E-state index in [2.05, 4.69) is 0 Å². The zero-order valence-corrected chi connectivity index (χ0v) is 14.4. The number of likely N-dealkylation sites (tertiary alicyclic amines) is 1. The molecular formula is C17H22N2O4S. The number of sulfonamides is 1. The van der Waals surface area contributed by atoms with Crippen LogP contribution in [0.4, 0.5) is 0 Å². The summed E-state index contributed by atoms with van der Waals surface area (Å²) in [5, 5.41) is 0. The number of hydrogen-bond donors (Lipinski definition) is 0. The fourth-order valence-electron chi connectivity index (χ4n) is 3.92. The van der Waals surface area contributed by atoms with Crippen molar-refractivity contribution in [2.24, 2.45) is 0 Å². The number of nitrogens with zero attached hydrogens (tertiary/aromatic N) is 2. The molecule has 1 aromatic rings. The van der Waals surface area contributed by atoms with Crippen LogP contribution in [0.1, 0.15) is 31.2 Å². The summed E-state index contributed by atoms with van der Waals surface area (Å²) in [6.45, 7) is 2.39. The van der Waals surface area contributed by atoms with Crippen LogP contribution in [0.5, 0.6) is 5.75 Å². The van der Waals surface area contributed by atoms with Crippen molar-refractivity contribution in [1.82, 2.24) is 9.21 Å². The summed E-state index contributed by atoms with van der Waals surface area (Å²) in [6, 6.07) is 5.33. The summed E-state index contributed by atoms with van der Waals surface area (Å²) >= 11 is 0. The Kier molecular flexibility index (Phi) is 4.00. The Labute approximate surface area is 142 Å². The zero-order chi connectivity index (χ0) is 16.7. The van der Waals surface area contributed by atoms with Gasteiger partial charge in [-0.3, -0.25) is 4.79 Å². The number of amides is 1. The minimum atomic E-state index is -3.47. The molecule has 2 saturated heterocycles. The van der Waals surface area contributed by atoms with Gasteiger partial charge in [-0.15, -0.1) is 0 Å². The molecule has 4 rings (SSSR count). The summed E-state index contributed by atoms with van der Waals surface area (Å²) in [4.78, 5) is 14.2. The van der Waals surface area contributed by atoms with E-state index >= 15 is 0 Å². The Morgan fingerprint density at radius 3 is 2.58 bits per heavy atom. The normalized spacial score (nSPS) is 22.7. The highest BCUT2D eigenvalue weighted by Gasteiger charge is 2.35. The quantitative estimate of drug-likeness (QED) is 0.826. The highest BCUT2D eigenvalue weighted by molar-refractivity contribution is 7.89. The number of piperidine rings is 1. The number of rotatable bonds is 3. The van der Waals surface area contributed by atoms with Crippen molar-refractivity contribution < 1.29 is 17.9 Å². The Morgan fingerprint density at radius 1 is 1.08 bits per heavy atom. The van der Waals surface area contributed by atoms with Crippen LogP contribution >= 0.6 is 0 Å². The molecule has 1 aromatic carbocycles. The van der Waals surface area contributed by atoms with Gasteiger partial charge < -0.3 is 9.64 Å². The van der Waals surface area contributed by atoms with E-state index in [-0.39, 0.29) is 11.9 Å². The van der Waals surface area contributed by atoms with Gasteiger partial charge >= 0.3 is 0 Å². The van der Waals surface area contributed by atoms with Gasteiger partial charge in [-0.1, -0.05) is 0 Å². The van der Waals surface area contributed by atoms with Crippen molar-refractivity contribution >= 4 is 15.9 Å². The first-order chi connectivity index (χ1) is 11.6. The highest BCUT2D eigenvalue weighted by atomic mass is 32.2. The maximum atomic E-state index is 12.9. The number of benzene rings is 1. The molecule has 24 heavy (non-hydrogen) atoms. The molecule has 0 unspecified atom stereocenters. The van der Waals surface area contributed by atoms with Gasteiger partial charge in [0.1, 0.15) is 5.75 Å². The minimum Gasteiger partial charge on any atom is -0.493 e. The molecular weight excluding hydrogens is 328 g/mol. The summed E-state index contributed by atoms with van der Waals surface area (Å²) in [6.07, 6.45) is 3.76. The second-order valence-corrected chi connectivity index (χ2v) is 8.63. The number of carbonyl (C=O) groups is 1. The number of carbonyl (C=O) groups excluding carboxylic acids is 1. The molecule has 0 N–H and O–H groups in total. The minimum absolute atomic E-state index is 0.194. The van der Waals surface area contributed by atoms with E-state index in [4.69, 9.17) is 4.74 Å². The van der Waals surface area contributed by atoms with E-state index in [1.54, 1.807) is 22.5 Å². The third-order valence-corrected chi connectivity index (χ3v) is 7.17. The van der Waals surface area contributed by atoms with Crippen molar-refractivity contribution in [2.45, 2.75) is 43.0 Å². The van der Waals surface area contributed by atoms with Crippen LogP contribution in [0.2, 0.25) is 0 Å². The summed E-state index contributed by atoms with van der Waals surface area (Å²) in [5.41, 5.74) is 0.966. The first kappa shape index (κ1) is 15.9. The molecule has 0 aliphatic carbocycles. The van der Waals surface area contributed by atoms with Gasteiger partial charge in [0, 0.05) is 38.5 Å². The van der Waals surface area contributed by atoms with E-state index < -0.39 is 10.0 Å². The molecule has 0 atom stereocenters. The lowest BCUT2D eigenvalue weighted by Gasteiger charge is -2.36. The van der Waals surface area contributed by atoms with E-state index in [0.717, 1.165) is 43.5 Å². The smallest absolute Gasteiger partial charge is 0.243 e. The maximum Gasteiger partial charge on any atom is 0.243 e. The first-order valence-electron chi connectivity index (χ1n) is 8.61. The van der Waals surface area contributed by atoms with Crippen molar-refractivity contribution in [3.8, 4) is 5.75 Å². The van der Waals surface area contributed by atoms with Crippen molar-refractivity contribution in [1.29, 1.82) is 0 Å². The highest BCUT2D eigenvalue weighted by Crippen LogP contribution is 2.30. The number of ether oxygens (including phenoxy) is 1. The van der Waals surface area contributed by atoms with Gasteiger partial charge in [-0.25, -0.2) is 8.42 Å². The average molecular weight is 350 g/mol. The van der Waals surface area contributed by atoms with Crippen molar-refractivity contribution in [3.63, 3.8) is 0 Å². The molecule has 3 heterocycles. The Hall–Kier alpha value is -1.60. The molecule has 3 aliphatic rings. The Bertz CT molecular complexity index is 754. The summed E-state index contributed by atoms with van der Waals surface area (Å²) in [7, 11) is -3.47. The largest absolute Gasteiger partial charge is 0.493 e. The second-order valence-electron chi connectivity index (χ2n) is 6.69. The molecule has 0 spiro atoms. The van der Waals surface area contributed by atoms with Gasteiger partial charge in [0.15, 0.2) is 0 Å². The fourth-order valence-corrected chi connectivity index (χ4v) is 5.44. The van der Waals surface area contributed by atoms with E-state index in [1.165, 1.54) is 0 Å². The summed E-state index contributed by atoms with van der Waals surface area (Å²) in [5.74, 6) is 1.01.